The highest BCUT2D eigenvalue weighted by Gasteiger charge is 2.29. The van der Waals surface area contributed by atoms with Gasteiger partial charge in [-0.3, -0.25) is 4.79 Å². The lowest BCUT2D eigenvalue weighted by atomic mass is 10.1. The normalized spacial score (nSPS) is 12.4. The molecule has 1 amide bonds. The van der Waals surface area contributed by atoms with Gasteiger partial charge in [-0.05, 0) is 36.1 Å². The van der Waals surface area contributed by atoms with Crippen LogP contribution in [0.3, 0.4) is 0 Å². The second-order valence-electron chi connectivity index (χ2n) is 6.45. The summed E-state index contributed by atoms with van der Waals surface area (Å²) in [4.78, 5) is 24.6. The summed E-state index contributed by atoms with van der Waals surface area (Å²) in [5, 5.41) is 6.69. The van der Waals surface area contributed by atoms with Crippen molar-refractivity contribution in [3.63, 3.8) is 0 Å². The molecule has 1 aliphatic rings. The number of nitrogens with zero attached hydrogens (tertiary/aromatic N) is 1. The lowest BCUT2D eigenvalue weighted by Gasteiger charge is -2.16. The molecule has 3 aromatic rings. The predicted molar refractivity (Wildman–Crippen MR) is 98.1 cm³/mol. The maximum atomic E-state index is 12.4. The molecule has 0 saturated carbocycles. The predicted octanol–water partition coefficient (Wildman–Crippen LogP) is 3.33. The molecule has 0 unspecified atom stereocenters. The Morgan fingerprint density at radius 1 is 1.04 bits per heavy atom. The van der Waals surface area contributed by atoms with Crippen LogP contribution in [0, 0.1) is 13.8 Å². The van der Waals surface area contributed by atoms with Crippen LogP contribution in [0.5, 0.6) is 0 Å². The topological polar surface area (TPSA) is 81.4 Å². The van der Waals surface area contributed by atoms with Crippen molar-refractivity contribution in [1.82, 2.24) is 10.5 Å². The van der Waals surface area contributed by atoms with Gasteiger partial charge in [-0.1, -0.05) is 53.7 Å². The largest absolute Gasteiger partial charge is 0.452 e. The van der Waals surface area contributed by atoms with Crippen molar-refractivity contribution in [2.24, 2.45) is 0 Å². The number of carbonyl (C=O) groups is 2. The molecular weight excluding hydrogens is 344 g/mol. The van der Waals surface area contributed by atoms with Gasteiger partial charge in [0.15, 0.2) is 6.61 Å². The molecule has 136 valence electrons. The molecule has 0 aliphatic heterocycles. The van der Waals surface area contributed by atoms with Crippen LogP contribution >= 0.6 is 0 Å². The molecular formula is C21H18N2O4. The Bertz CT molecular complexity index is 973. The fraction of sp³-hybridized carbons (Fsp3) is 0.190. The van der Waals surface area contributed by atoms with Gasteiger partial charge in [0.2, 0.25) is 0 Å². The zero-order valence-electron chi connectivity index (χ0n) is 15.0. The minimum absolute atomic E-state index is 0.261. The smallest absolute Gasteiger partial charge is 0.344 e. The van der Waals surface area contributed by atoms with E-state index < -0.39 is 5.97 Å². The molecule has 0 fully saturated rings. The highest BCUT2D eigenvalue weighted by molar-refractivity contribution is 5.93. The fourth-order valence-electron chi connectivity index (χ4n) is 3.49. The van der Waals surface area contributed by atoms with Crippen molar-refractivity contribution in [2.75, 3.05) is 6.61 Å². The Morgan fingerprint density at radius 3 is 2.19 bits per heavy atom. The number of benzene rings is 2. The second kappa shape index (κ2) is 6.72. The van der Waals surface area contributed by atoms with Gasteiger partial charge in [0.1, 0.15) is 11.3 Å². The molecule has 4 rings (SSSR count). The SMILES string of the molecule is Cc1noc(C)c1C(=O)OCC(=O)NC1c2ccccc2-c2ccccc21. The van der Waals surface area contributed by atoms with Crippen LogP contribution in [0.15, 0.2) is 53.1 Å². The Kier molecular flexibility index (Phi) is 4.24. The first-order valence-corrected chi connectivity index (χ1v) is 8.64. The minimum Gasteiger partial charge on any atom is -0.452 e. The molecule has 6 nitrogen and oxygen atoms in total. The van der Waals surface area contributed by atoms with E-state index in [1.807, 2.05) is 48.5 Å². The van der Waals surface area contributed by atoms with Crippen LogP contribution in [-0.4, -0.2) is 23.6 Å². The zero-order chi connectivity index (χ0) is 19.0. The number of ether oxygens (including phenoxy) is 1. The number of amides is 1. The highest BCUT2D eigenvalue weighted by atomic mass is 16.5. The van der Waals surface area contributed by atoms with Crippen molar-refractivity contribution in [2.45, 2.75) is 19.9 Å². The maximum absolute atomic E-state index is 12.4. The Balaban J connectivity index is 1.48. The number of aromatic nitrogens is 1. The van der Waals surface area contributed by atoms with E-state index in [1.54, 1.807) is 13.8 Å². The molecule has 1 aliphatic carbocycles. The first-order chi connectivity index (χ1) is 13.1. The third-order valence-electron chi connectivity index (χ3n) is 4.71. The average Bonchev–Trinajstić information content (AvgIpc) is 3.18. The van der Waals surface area contributed by atoms with E-state index in [2.05, 4.69) is 10.5 Å². The summed E-state index contributed by atoms with van der Waals surface area (Å²) in [6.45, 7) is 2.91. The summed E-state index contributed by atoms with van der Waals surface area (Å²) in [6.07, 6.45) is 0. The third kappa shape index (κ3) is 2.99. The number of nitrogens with one attached hydrogen (secondary N) is 1. The molecule has 1 N–H and O–H groups in total. The van der Waals surface area contributed by atoms with Crippen molar-refractivity contribution < 1.29 is 18.8 Å². The summed E-state index contributed by atoms with van der Waals surface area (Å²) in [5.41, 5.74) is 4.97. The summed E-state index contributed by atoms with van der Waals surface area (Å²) >= 11 is 0. The van der Waals surface area contributed by atoms with Gasteiger partial charge in [0.25, 0.3) is 5.91 Å². The molecule has 1 aromatic heterocycles. The van der Waals surface area contributed by atoms with Crippen LogP contribution in [0.4, 0.5) is 0 Å². The Morgan fingerprint density at radius 2 is 1.63 bits per heavy atom. The molecule has 0 spiro atoms. The van der Waals surface area contributed by atoms with Crippen LogP contribution in [0.25, 0.3) is 11.1 Å². The monoisotopic (exact) mass is 362 g/mol. The van der Waals surface area contributed by atoms with Crippen LogP contribution < -0.4 is 5.32 Å². The molecule has 2 aromatic carbocycles. The second-order valence-corrected chi connectivity index (χ2v) is 6.45. The van der Waals surface area contributed by atoms with Gasteiger partial charge in [-0.25, -0.2) is 4.79 Å². The van der Waals surface area contributed by atoms with Crippen molar-refractivity contribution in [3.05, 3.63) is 76.7 Å². The molecule has 0 saturated heterocycles. The number of esters is 1. The number of carbonyl (C=O) groups excluding carboxylic acids is 2. The lowest BCUT2D eigenvalue weighted by Crippen LogP contribution is -2.32. The number of hydrogen-bond acceptors (Lipinski definition) is 5. The van der Waals surface area contributed by atoms with E-state index in [9.17, 15) is 9.59 Å². The number of aryl methyl sites for hydroxylation is 2. The Hall–Kier alpha value is -3.41. The number of hydrogen-bond donors (Lipinski definition) is 1. The number of fused-ring (bicyclic) bond motifs is 3. The van der Waals surface area contributed by atoms with Crippen LogP contribution in [0.2, 0.25) is 0 Å². The minimum atomic E-state index is -0.617. The Labute approximate surface area is 156 Å². The standard InChI is InChI=1S/C21H18N2O4/c1-12-19(13(2)27-23-12)21(25)26-11-18(24)22-20-16-9-5-3-7-14(16)15-8-4-6-10-17(15)20/h3-10,20H,11H2,1-2H3,(H,22,24). The molecule has 0 atom stereocenters. The maximum Gasteiger partial charge on any atom is 0.344 e. The molecule has 0 radical (unpaired) electrons. The van der Waals surface area contributed by atoms with E-state index >= 15 is 0 Å². The van der Waals surface area contributed by atoms with Gasteiger partial charge >= 0.3 is 5.97 Å². The lowest BCUT2D eigenvalue weighted by molar-refractivity contribution is -0.124. The van der Waals surface area contributed by atoms with Crippen molar-refractivity contribution in [1.29, 1.82) is 0 Å². The highest BCUT2D eigenvalue weighted by Crippen LogP contribution is 2.42. The van der Waals surface area contributed by atoms with E-state index in [1.165, 1.54) is 0 Å². The summed E-state index contributed by atoms with van der Waals surface area (Å²) < 4.78 is 10.1. The van der Waals surface area contributed by atoms with Crippen molar-refractivity contribution >= 4 is 11.9 Å². The van der Waals surface area contributed by atoms with Gasteiger partial charge in [-0.2, -0.15) is 0 Å². The van der Waals surface area contributed by atoms with E-state index in [-0.39, 0.29) is 24.1 Å². The average molecular weight is 362 g/mol. The first-order valence-electron chi connectivity index (χ1n) is 8.64. The van der Waals surface area contributed by atoms with Crippen LogP contribution in [-0.2, 0) is 9.53 Å². The van der Waals surface area contributed by atoms with E-state index in [0.717, 1.165) is 22.3 Å². The first kappa shape index (κ1) is 17.0. The van der Waals surface area contributed by atoms with Gasteiger partial charge < -0.3 is 14.6 Å². The van der Waals surface area contributed by atoms with Gasteiger partial charge in [-0.15, -0.1) is 0 Å². The van der Waals surface area contributed by atoms with Gasteiger partial charge in [0.05, 0.1) is 11.7 Å². The molecule has 0 bridgehead atoms. The van der Waals surface area contributed by atoms with Crippen LogP contribution in [0.1, 0.15) is 39.0 Å². The van der Waals surface area contributed by atoms with E-state index in [4.69, 9.17) is 9.26 Å². The zero-order valence-corrected chi connectivity index (χ0v) is 15.0. The fourth-order valence-corrected chi connectivity index (χ4v) is 3.49. The van der Waals surface area contributed by atoms with Crippen molar-refractivity contribution in [3.8, 4) is 11.1 Å². The quantitative estimate of drug-likeness (QED) is 0.720. The van der Waals surface area contributed by atoms with E-state index in [0.29, 0.717) is 11.5 Å². The molecule has 1 heterocycles. The summed E-state index contributed by atoms with van der Waals surface area (Å²) in [5.74, 6) is -0.614. The van der Waals surface area contributed by atoms with Gasteiger partial charge in [0, 0.05) is 0 Å². The molecule has 6 heteroatoms. The summed E-state index contributed by atoms with van der Waals surface area (Å²) in [6, 6.07) is 15.7. The molecule has 27 heavy (non-hydrogen) atoms. The number of rotatable bonds is 4. The third-order valence-corrected chi connectivity index (χ3v) is 4.71. The summed E-state index contributed by atoms with van der Waals surface area (Å²) in [7, 11) is 0.